The van der Waals surface area contributed by atoms with E-state index in [9.17, 15) is 4.79 Å². The van der Waals surface area contributed by atoms with Gasteiger partial charge in [-0.3, -0.25) is 4.79 Å². The largest absolute Gasteiger partial charge is 0.339 e. The predicted octanol–water partition coefficient (Wildman–Crippen LogP) is 1.97. The molecule has 1 saturated heterocycles. The Hall–Kier alpha value is -0.790. The van der Waals surface area contributed by atoms with Crippen molar-refractivity contribution in [1.29, 1.82) is 0 Å². The smallest absolute Gasteiger partial charge is 0.249 e. The lowest BCUT2D eigenvalue weighted by Gasteiger charge is -2.26. The molecule has 0 aliphatic carbocycles. The fourth-order valence-corrected chi connectivity index (χ4v) is 1.47. The van der Waals surface area contributed by atoms with Crippen LogP contribution in [-0.4, -0.2) is 23.9 Å². The number of hydrogen-bond acceptors (Lipinski definition) is 1. The Morgan fingerprint density at radius 2 is 1.83 bits per heavy atom. The summed E-state index contributed by atoms with van der Waals surface area (Å²) in [5, 5.41) is 0. The van der Waals surface area contributed by atoms with Crippen molar-refractivity contribution in [3.63, 3.8) is 0 Å². The molecule has 1 rings (SSSR count). The van der Waals surface area contributed by atoms with Crippen LogP contribution in [0.2, 0.25) is 0 Å². The molecule has 0 spiro atoms. The summed E-state index contributed by atoms with van der Waals surface area (Å²) >= 11 is 0. The first-order chi connectivity index (χ1) is 5.75. The zero-order chi connectivity index (χ0) is 8.97. The Kier molecular flexibility index (Phi) is 3.32. The molecule has 0 bridgehead atoms. The summed E-state index contributed by atoms with van der Waals surface area (Å²) in [4.78, 5) is 13.5. The summed E-state index contributed by atoms with van der Waals surface area (Å²) in [6.45, 7) is 5.70. The number of carbonyl (C=O) groups is 1. The average molecular weight is 167 g/mol. The maximum atomic E-state index is 11.6. The highest BCUT2D eigenvalue weighted by molar-refractivity contribution is 5.92. The van der Waals surface area contributed by atoms with Crippen LogP contribution in [0.1, 0.15) is 33.1 Å². The normalized spacial score (nSPS) is 19.5. The van der Waals surface area contributed by atoms with Gasteiger partial charge in [0.05, 0.1) is 0 Å². The highest BCUT2D eigenvalue weighted by Crippen LogP contribution is 2.11. The quantitative estimate of drug-likeness (QED) is 0.547. The molecule has 0 atom stereocenters. The second-order valence-electron chi connectivity index (χ2n) is 3.32. The van der Waals surface area contributed by atoms with Crippen LogP contribution < -0.4 is 0 Å². The molecule has 1 amide bonds. The zero-order valence-corrected chi connectivity index (χ0v) is 7.97. The van der Waals surface area contributed by atoms with Crippen molar-refractivity contribution in [3.8, 4) is 0 Å². The molecule has 1 aliphatic heterocycles. The third-order valence-corrected chi connectivity index (χ3v) is 2.41. The number of likely N-dealkylation sites (tertiary alicyclic amines) is 1. The lowest BCUT2D eigenvalue weighted by atomic mass is 10.1. The van der Waals surface area contributed by atoms with E-state index in [1.54, 1.807) is 0 Å². The first-order valence-electron chi connectivity index (χ1n) is 4.68. The van der Waals surface area contributed by atoms with Gasteiger partial charge in [-0.25, -0.2) is 0 Å². The van der Waals surface area contributed by atoms with E-state index in [1.165, 1.54) is 19.3 Å². The summed E-state index contributed by atoms with van der Waals surface area (Å²) in [5.41, 5.74) is 0.872. The summed E-state index contributed by atoms with van der Waals surface area (Å²) in [6, 6.07) is 0. The van der Waals surface area contributed by atoms with Gasteiger partial charge in [-0.05, 0) is 33.1 Å². The highest BCUT2D eigenvalue weighted by atomic mass is 16.2. The topological polar surface area (TPSA) is 20.3 Å². The minimum absolute atomic E-state index is 0.220. The summed E-state index contributed by atoms with van der Waals surface area (Å²) in [6.07, 6.45) is 5.50. The Balaban J connectivity index is 2.51. The van der Waals surface area contributed by atoms with Crippen molar-refractivity contribution in [1.82, 2.24) is 4.90 Å². The van der Waals surface area contributed by atoms with Gasteiger partial charge in [0.1, 0.15) is 0 Å². The van der Waals surface area contributed by atoms with Crippen molar-refractivity contribution >= 4 is 5.91 Å². The van der Waals surface area contributed by atoms with Crippen LogP contribution in [0.3, 0.4) is 0 Å². The second-order valence-corrected chi connectivity index (χ2v) is 3.32. The van der Waals surface area contributed by atoms with Crippen LogP contribution in [0.15, 0.2) is 11.6 Å². The van der Waals surface area contributed by atoms with E-state index in [2.05, 4.69) is 0 Å². The zero-order valence-electron chi connectivity index (χ0n) is 7.97. The first kappa shape index (κ1) is 9.30. The summed E-state index contributed by atoms with van der Waals surface area (Å²) in [7, 11) is 0. The fraction of sp³-hybridized carbons (Fsp3) is 0.700. The number of hydrogen-bond donors (Lipinski definition) is 0. The molecule has 2 heteroatoms. The molecule has 2 nitrogen and oxygen atoms in total. The Bertz CT molecular complexity index is 190. The molecule has 0 aromatic rings. The standard InChI is InChI=1S/C10H17NO/c1-3-9(2)10(12)11-7-5-4-6-8-11/h3H,4-8H2,1-2H3/b9-3+. The molecule has 68 valence electrons. The third kappa shape index (κ3) is 2.10. The minimum Gasteiger partial charge on any atom is -0.339 e. The first-order valence-corrected chi connectivity index (χ1v) is 4.68. The number of piperidine rings is 1. The van der Waals surface area contributed by atoms with Gasteiger partial charge in [-0.2, -0.15) is 0 Å². The van der Waals surface area contributed by atoms with E-state index >= 15 is 0 Å². The molecule has 0 unspecified atom stereocenters. The highest BCUT2D eigenvalue weighted by Gasteiger charge is 2.16. The van der Waals surface area contributed by atoms with Gasteiger partial charge < -0.3 is 4.90 Å². The van der Waals surface area contributed by atoms with Crippen LogP contribution in [0.4, 0.5) is 0 Å². The summed E-state index contributed by atoms with van der Waals surface area (Å²) in [5.74, 6) is 0.220. The van der Waals surface area contributed by atoms with E-state index in [4.69, 9.17) is 0 Å². The molecule has 0 aromatic heterocycles. The van der Waals surface area contributed by atoms with Gasteiger partial charge in [0.15, 0.2) is 0 Å². The van der Waals surface area contributed by atoms with Crippen LogP contribution in [0, 0.1) is 0 Å². The van der Waals surface area contributed by atoms with Crippen LogP contribution in [0.5, 0.6) is 0 Å². The number of rotatable bonds is 1. The van der Waals surface area contributed by atoms with E-state index < -0.39 is 0 Å². The van der Waals surface area contributed by atoms with E-state index in [0.717, 1.165) is 18.7 Å². The van der Waals surface area contributed by atoms with Gasteiger partial charge in [-0.1, -0.05) is 6.08 Å². The van der Waals surface area contributed by atoms with Crippen molar-refractivity contribution in [3.05, 3.63) is 11.6 Å². The number of allylic oxidation sites excluding steroid dienone is 1. The molecule has 0 saturated carbocycles. The number of amides is 1. The van der Waals surface area contributed by atoms with Crippen LogP contribution in [0.25, 0.3) is 0 Å². The second kappa shape index (κ2) is 4.29. The predicted molar refractivity (Wildman–Crippen MR) is 49.9 cm³/mol. The van der Waals surface area contributed by atoms with Crippen LogP contribution in [-0.2, 0) is 4.79 Å². The maximum absolute atomic E-state index is 11.6. The summed E-state index contributed by atoms with van der Waals surface area (Å²) < 4.78 is 0. The minimum atomic E-state index is 0.220. The van der Waals surface area contributed by atoms with Gasteiger partial charge in [0, 0.05) is 18.7 Å². The SMILES string of the molecule is C/C=C(\C)C(=O)N1CCCCC1. The Morgan fingerprint density at radius 1 is 1.25 bits per heavy atom. The lowest BCUT2D eigenvalue weighted by molar-refractivity contribution is -0.127. The van der Waals surface area contributed by atoms with Crippen LogP contribution >= 0.6 is 0 Å². The number of carbonyl (C=O) groups excluding carboxylic acids is 1. The monoisotopic (exact) mass is 167 g/mol. The van der Waals surface area contributed by atoms with Crippen molar-refractivity contribution in [2.75, 3.05) is 13.1 Å². The van der Waals surface area contributed by atoms with E-state index in [0.29, 0.717) is 0 Å². The third-order valence-electron chi connectivity index (χ3n) is 2.41. The van der Waals surface area contributed by atoms with E-state index in [1.807, 2.05) is 24.8 Å². The molecule has 0 aromatic carbocycles. The molecule has 12 heavy (non-hydrogen) atoms. The molecular formula is C10H17NO. The fourth-order valence-electron chi connectivity index (χ4n) is 1.47. The molecule has 0 radical (unpaired) electrons. The molecule has 1 heterocycles. The number of nitrogens with zero attached hydrogens (tertiary/aromatic N) is 1. The molecule has 0 N–H and O–H groups in total. The molecule has 1 aliphatic rings. The lowest BCUT2D eigenvalue weighted by Crippen LogP contribution is -2.35. The molecular weight excluding hydrogens is 150 g/mol. The van der Waals surface area contributed by atoms with Gasteiger partial charge in [-0.15, -0.1) is 0 Å². The van der Waals surface area contributed by atoms with Gasteiger partial charge in [0.25, 0.3) is 0 Å². The average Bonchev–Trinajstić information content (AvgIpc) is 2.17. The maximum Gasteiger partial charge on any atom is 0.249 e. The Morgan fingerprint density at radius 3 is 2.33 bits per heavy atom. The molecule has 1 fully saturated rings. The van der Waals surface area contributed by atoms with Crippen molar-refractivity contribution < 1.29 is 4.79 Å². The van der Waals surface area contributed by atoms with Gasteiger partial charge >= 0.3 is 0 Å². The van der Waals surface area contributed by atoms with Gasteiger partial charge in [0.2, 0.25) is 5.91 Å². The Labute approximate surface area is 74.2 Å². The van der Waals surface area contributed by atoms with Crippen molar-refractivity contribution in [2.24, 2.45) is 0 Å². The van der Waals surface area contributed by atoms with E-state index in [-0.39, 0.29) is 5.91 Å². The van der Waals surface area contributed by atoms with Crippen molar-refractivity contribution in [2.45, 2.75) is 33.1 Å².